The first kappa shape index (κ1) is 19.1. The van der Waals surface area contributed by atoms with Gasteiger partial charge in [0, 0.05) is 43.0 Å². The first-order chi connectivity index (χ1) is 13.1. The number of benzene rings is 1. The smallest absolute Gasteiger partial charge is 0.255 e. The first-order valence-electron chi connectivity index (χ1n) is 9.38. The average molecular weight is 370 g/mol. The lowest BCUT2D eigenvalue weighted by Crippen LogP contribution is -2.38. The summed E-state index contributed by atoms with van der Waals surface area (Å²) in [5.74, 6) is 0.579. The molecule has 1 fully saturated rings. The normalized spacial score (nSPS) is 14.2. The monoisotopic (exact) mass is 370 g/mol. The Morgan fingerprint density at radius 2 is 1.96 bits per heavy atom. The topological polar surface area (TPSA) is 78.5 Å². The van der Waals surface area contributed by atoms with Gasteiger partial charge in [-0.05, 0) is 32.4 Å². The number of hydrogen-bond acceptors (Lipinski definition) is 5. The Kier molecular flexibility index (Phi) is 6.24. The zero-order chi connectivity index (χ0) is 19.2. The summed E-state index contributed by atoms with van der Waals surface area (Å²) in [6.45, 7) is 7.05. The summed E-state index contributed by atoms with van der Waals surface area (Å²) in [6.07, 6.45) is 0.644. The van der Waals surface area contributed by atoms with E-state index in [9.17, 15) is 9.59 Å². The van der Waals surface area contributed by atoms with Crippen LogP contribution in [0.15, 0.2) is 35.1 Å². The number of hydrogen-bond donors (Lipinski definition) is 1. The minimum Gasteiger partial charge on any atom is -0.378 e. The fraction of sp³-hybridized carbons (Fsp3) is 0.450. The summed E-state index contributed by atoms with van der Waals surface area (Å²) in [5.41, 5.74) is 1.95. The molecule has 1 aliphatic heterocycles. The lowest BCUT2D eigenvalue weighted by atomic mass is 10.1. The number of ether oxygens (including phenoxy) is 1. The van der Waals surface area contributed by atoms with E-state index in [4.69, 9.17) is 4.74 Å². The van der Waals surface area contributed by atoms with E-state index in [1.807, 2.05) is 49.1 Å². The van der Waals surface area contributed by atoms with Gasteiger partial charge in [-0.15, -0.1) is 0 Å². The third-order valence-corrected chi connectivity index (χ3v) is 4.79. The predicted octanol–water partition coefficient (Wildman–Crippen LogP) is 1.90. The van der Waals surface area contributed by atoms with Crippen LogP contribution >= 0.6 is 0 Å². The number of nitrogens with zero attached hydrogens (tertiary/aromatic N) is 3. The SMILES string of the molecule is CCN(C(=O)CCc1c(C)nc(N2CCOCC2)[nH]c1=O)c1ccccc1. The number of para-hydroxylation sites is 1. The van der Waals surface area contributed by atoms with E-state index in [0.29, 0.717) is 56.5 Å². The van der Waals surface area contributed by atoms with Crippen LogP contribution in [0.2, 0.25) is 0 Å². The van der Waals surface area contributed by atoms with Crippen molar-refractivity contribution in [3.63, 3.8) is 0 Å². The fourth-order valence-corrected chi connectivity index (χ4v) is 3.29. The van der Waals surface area contributed by atoms with E-state index in [2.05, 4.69) is 9.97 Å². The van der Waals surface area contributed by atoms with E-state index < -0.39 is 0 Å². The summed E-state index contributed by atoms with van der Waals surface area (Å²) in [4.78, 5) is 36.4. The highest BCUT2D eigenvalue weighted by Crippen LogP contribution is 2.16. The maximum absolute atomic E-state index is 12.7. The molecule has 0 radical (unpaired) electrons. The van der Waals surface area contributed by atoms with Gasteiger partial charge in [-0.1, -0.05) is 18.2 Å². The van der Waals surface area contributed by atoms with Crippen molar-refractivity contribution in [1.82, 2.24) is 9.97 Å². The summed E-state index contributed by atoms with van der Waals surface area (Å²) in [5, 5.41) is 0. The number of H-pyrrole nitrogens is 1. The summed E-state index contributed by atoms with van der Waals surface area (Å²) in [6, 6.07) is 9.57. The molecule has 0 atom stereocenters. The highest BCUT2D eigenvalue weighted by molar-refractivity contribution is 5.93. The predicted molar refractivity (Wildman–Crippen MR) is 105 cm³/mol. The Morgan fingerprint density at radius 1 is 1.26 bits per heavy atom. The number of aromatic amines is 1. The Bertz CT molecular complexity index is 829. The van der Waals surface area contributed by atoms with Gasteiger partial charge in [0.15, 0.2) is 0 Å². The molecule has 0 unspecified atom stereocenters. The van der Waals surface area contributed by atoms with Crippen LogP contribution in [-0.2, 0) is 16.0 Å². The molecule has 7 heteroatoms. The number of carbonyl (C=O) groups excluding carboxylic acids is 1. The number of amides is 1. The molecular formula is C20H26N4O3. The van der Waals surface area contributed by atoms with Crippen LogP contribution in [0.4, 0.5) is 11.6 Å². The molecule has 1 N–H and O–H groups in total. The number of rotatable bonds is 6. The van der Waals surface area contributed by atoms with Crippen molar-refractivity contribution in [2.24, 2.45) is 0 Å². The summed E-state index contributed by atoms with van der Waals surface area (Å²) in [7, 11) is 0. The zero-order valence-electron chi connectivity index (χ0n) is 15.9. The van der Waals surface area contributed by atoms with Crippen molar-refractivity contribution in [2.45, 2.75) is 26.7 Å². The molecule has 27 heavy (non-hydrogen) atoms. The number of aryl methyl sites for hydroxylation is 1. The van der Waals surface area contributed by atoms with Gasteiger partial charge >= 0.3 is 0 Å². The van der Waals surface area contributed by atoms with E-state index in [1.54, 1.807) is 4.90 Å². The van der Waals surface area contributed by atoms with E-state index >= 15 is 0 Å². The van der Waals surface area contributed by atoms with Gasteiger partial charge in [0.05, 0.1) is 13.2 Å². The Morgan fingerprint density at radius 3 is 2.59 bits per heavy atom. The third-order valence-electron chi connectivity index (χ3n) is 4.79. The highest BCUT2D eigenvalue weighted by Gasteiger charge is 2.18. The Balaban J connectivity index is 1.70. The van der Waals surface area contributed by atoms with E-state index in [1.165, 1.54) is 0 Å². The van der Waals surface area contributed by atoms with Crippen molar-refractivity contribution in [1.29, 1.82) is 0 Å². The number of carbonyl (C=O) groups is 1. The van der Waals surface area contributed by atoms with E-state index in [0.717, 1.165) is 5.69 Å². The minimum atomic E-state index is -0.167. The Labute approximate surface area is 159 Å². The number of nitrogens with one attached hydrogen (secondary N) is 1. The molecule has 1 saturated heterocycles. The number of anilines is 2. The maximum Gasteiger partial charge on any atom is 0.255 e. The molecule has 144 valence electrons. The van der Waals surface area contributed by atoms with Crippen molar-refractivity contribution >= 4 is 17.5 Å². The standard InChI is InChI=1S/C20H26N4O3/c1-3-24(16-7-5-4-6-8-16)18(25)10-9-17-15(2)21-20(22-19(17)26)23-11-13-27-14-12-23/h4-8H,3,9-14H2,1-2H3,(H,21,22,26). The minimum absolute atomic E-state index is 0.000226. The van der Waals surface area contributed by atoms with Gasteiger partial charge in [-0.25, -0.2) is 4.98 Å². The van der Waals surface area contributed by atoms with Gasteiger partial charge in [0.1, 0.15) is 0 Å². The highest BCUT2D eigenvalue weighted by atomic mass is 16.5. The van der Waals surface area contributed by atoms with Gasteiger partial charge in [-0.3, -0.25) is 14.6 Å². The zero-order valence-corrected chi connectivity index (χ0v) is 15.9. The van der Waals surface area contributed by atoms with Gasteiger partial charge in [0.2, 0.25) is 11.9 Å². The molecule has 2 aromatic rings. The molecule has 0 aliphatic carbocycles. The molecule has 2 heterocycles. The largest absolute Gasteiger partial charge is 0.378 e. The van der Waals surface area contributed by atoms with Gasteiger partial charge in [-0.2, -0.15) is 0 Å². The second-order valence-electron chi connectivity index (χ2n) is 6.53. The molecule has 3 rings (SSSR count). The third kappa shape index (κ3) is 4.54. The molecular weight excluding hydrogens is 344 g/mol. The molecule has 1 amide bonds. The summed E-state index contributed by atoms with van der Waals surface area (Å²) >= 11 is 0. The Hall–Kier alpha value is -2.67. The lowest BCUT2D eigenvalue weighted by molar-refractivity contribution is -0.118. The van der Waals surface area contributed by atoms with Crippen LogP contribution in [0.5, 0.6) is 0 Å². The number of aromatic nitrogens is 2. The summed E-state index contributed by atoms with van der Waals surface area (Å²) < 4.78 is 5.34. The molecule has 1 aromatic carbocycles. The molecule has 1 aromatic heterocycles. The second-order valence-corrected chi connectivity index (χ2v) is 6.53. The van der Waals surface area contributed by atoms with Crippen LogP contribution in [-0.4, -0.2) is 48.7 Å². The quantitative estimate of drug-likeness (QED) is 0.840. The van der Waals surface area contributed by atoms with Gasteiger partial charge < -0.3 is 14.5 Å². The van der Waals surface area contributed by atoms with Crippen molar-refractivity contribution in [3.05, 3.63) is 51.9 Å². The molecule has 7 nitrogen and oxygen atoms in total. The van der Waals surface area contributed by atoms with Crippen LogP contribution in [0.3, 0.4) is 0 Å². The molecule has 0 saturated carbocycles. The first-order valence-corrected chi connectivity index (χ1v) is 9.38. The molecule has 0 spiro atoms. The van der Waals surface area contributed by atoms with Crippen LogP contribution in [0.25, 0.3) is 0 Å². The van der Waals surface area contributed by atoms with E-state index in [-0.39, 0.29) is 17.9 Å². The van der Waals surface area contributed by atoms with Crippen LogP contribution < -0.4 is 15.4 Å². The fourth-order valence-electron chi connectivity index (χ4n) is 3.29. The molecule has 1 aliphatic rings. The van der Waals surface area contributed by atoms with Crippen molar-refractivity contribution < 1.29 is 9.53 Å². The number of morpholine rings is 1. The van der Waals surface area contributed by atoms with Crippen LogP contribution in [0.1, 0.15) is 24.6 Å². The van der Waals surface area contributed by atoms with Crippen molar-refractivity contribution in [2.75, 3.05) is 42.6 Å². The maximum atomic E-state index is 12.7. The lowest BCUT2D eigenvalue weighted by Gasteiger charge is -2.27. The average Bonchev–Trinajstić information content (AvgIpc) is 2.69. The molecule has 0 bridgehead atoms. The van der Waals surface area contributed by atoms with Crippen molar-refractivity contribution in [3.8, 4) is 0 Å². The van der Waals surface area contributed by atoms with Gasteiger partial charge in [0.25, 0.3) is 5.56 Å². The van der Waals surface area contributed by atoms with Crippen LogP contribution in [0, 0.1) is 6.92 Å². The second kappa shape index (κ2) is 8.81.